The van der Waals surface area contributed by atoms with Crippen molar-refractivity contribution in [2.45, 2.75) is 57.3 Å². The van der Waals surface area contributed by atoms with Crippen LogP contribution in [0, 0.1) is 5.92 Å². The van der Waals surface area contributed by atoms with Gasteiger partial charge in [0.1, 0.15) is 5.75 Å². The molecular weight excluding hydrogens is 516 g/mol. The maximum Gasteiger partial charge on any atom is 0.338 e. The molecule has 0 heterocycles. The Bertz CT molecular complexity index is 1210. The van der Waals surface area contributed by atoms with Crippen LogP contribution >= 0.6 is 0 Å². The average molecular weight is 559 g/mol. The minimum Gasteiger partial charge on any atom is -0.497 e. The molecule has 212 valence electrons. The van der Waals surface area contributed by atoms with Gasteiger partial charge in [-0.2, -0.15) is 0 Å². The Hall–Kier alpha value is -3.19. The fourth-order valence-corrected chi connectivity index (χ4v) is 10.4. The number of benzene rings is 3. The zero-order valence-corrected chi connectivity index (χ0v) is 25.4. The van der Waals surface area contributed by atoms with E-state index in [1.165, 1.54) is 17.5 Å². The molecule has 0 fully saturated rings. The summed E-state index contributed by atoms with van der Waals surface area (Å²) in [4.78, 5) is 13.6. The van der Waals surface area contributed by atoms with E-state index in [4.69, 9.17) is 18.6 Å². The lowest BCUT2D eigenvalue weighted by Gasteiger charge is -2.45. The van der Waals surface area contributed by atoms with E-state index in [2.05, 4.69) is 81.5 Å². The van der Waals surface area contributed by atoms with E-state index in [0.717, 1.165) is 24.2 Å². The number of carbonyl (C=O) groups is 1. The van der Waals surface area contributed by atoms with Crippen LogP contribution in [0.25, 0.3) is 0 Å². The van der Waals surface area contributed by atoms with Crippen molar-refractivity contribution in [2.24, 2.45) is 5.92 Å². The Morgan fingerprint density at radius 1 is 0.900 bits per heavy atom. The summed E-state index contributed by atoms with van der Waals surface area (Å²) >= 11 is 0. The van der Waals surface area contributed by atoms with E-state index >= 15 is 0 Å². The molecule has 0 aliphatic heterocycles. The van der Waals surface area contributed by atoms with E-state index < -0.39 is 13.9 Å². The second-order valence-electron chi connectivity index (χ2n) is 11.4. The minimum absolute atomic E-state index is 0.179. The first kappa shape index (κ1) is 29.8. The fourth-order valence-electron chi connectivity index (χ4n) is 5.85. The van der Waals surface area contributed by atoms with Gasteiger partial charge in [0.15, 0.2) is 5.60 Å². The largest absolute Gasteiger partial charge is 0.497 e. The van der Waals surface area contributed by atoms with E-state index in [9.17, 15) is 4.79 Å². The molecule has 4 rings (SSSR count). The van der Waals surface area contributed by atoms with Crippen molar-refractivity contribution in [3.63, 3.8) is 0 Å². The predicted octanol–water partition coefficient (Wildman–Crippen LogP) is 6.06. The molecule has 0 radical (unpaired) electrons. The van der Waals surface area contributed by atoms with Crippen LogP contribution in [0.1, 0.15) is 45.6 Å². The van der Waals surface area contributed by atoms with Crippen LogP contribution in [0.4, 0.5) is 0 Å². The van der Waals surface area contributed by atoms with Gasteiger partial charge in [-0.05, 0) is 52.4 Å². The Morgan fingerprint density at radius 3 is 2.02 bits per heavy atom. The third kappa shape index (κ3) is 6.09. The molecule has 0 aromatic heterocycles. The standard InChI is InChI=1S/C34H42O5Si/c1-33(2,3)40(30-16-10-6-11-17-30,31-18-12-7-13-19-31)39-26-28-15-9-8-14-24-34(28,32(35)37-5)38-25-27-20-22-29(36-4)23-21-27/h6-7,9-13,15-23,28H,8,14,24-26H2,1-5H3/t28-,34-/m0/s1. The first-order valence-corrected chi connectivity index (χ1v) is 15.9. The highest BCUT2D eigenvalue weighted by Gasteiger charge is 2.53. The van der Waals surface area contributed by atoms with Gasteiger partial charge in [0, 0.05) is 12.5 Å². The van der Waals surface area contributed by atoms with Crippen LogP contribution in [-0.2, 0) is 25.3 Å². The number of methoxy groups -OCH3 is 2. The van der Waals surface area contributed by atoms with E-state index in [1.807, 2.05) is 36.4 Å². The molecule has 6 heteroatoms. The second-order valence-corrected chi connectivity index (χ2v) is 15.7. The normalized spacial score (nSPS) is 19.6. The molecule has 0 bridgehead atoms. The number of ether oxygens (including phenoxy) is 3. The first-order chi connectivity index (χ1) is 19.3. The molecule has 0 unspecified atom stereocenters. The van der Waals surface area contributed by atoms with E-state index in [1.54, 1.807) is 7.11 Å². The predicted molar refractivity (Wildman–Crippen MR) is 163 cm³/mol. The lowest BCUT2D eigenvalue weighted by atomic mass is 9.84. The van der Waals surface area contributed by atoms with Crippen molar-refractivity contribution in [1.29, 1.82) is 0 Å². The number of hydrogen-bond acceptors (Lipinski definition) is 5. The summed E-state index contributed by atoms with van der Waals surface area (Å²) in [6.07, 6.45) is 6.51. The Kier molecular flexibility index (Phi) is 9.67. The molecule has 2 atom stereocenters. The molecule has 1 aliphatic carbocycles. The van der Waals surface area contributed by atoms with Crippen molar-refractivity contribution in [3.8, 4) is 5.75 Å². The second kappa shape index (κ2) is 13.0. The maximum atomic E-state index is 13.6. The molecule has 3 aromatic rings. The Morgan fingerprint density at radius 2 is 1.50 bits per heavy atom. The number of carbonyl (C=O) groups excluding carboxylic acids is 1. The lowest BCUT2D eigenvalue weighted by molar-refractivity contribution is -0.181. The van der Waals surface area contributed by atoms with Crippen molar-refractivity contribution in [3.05, 3.63) is 103 Å². The maximum absolute atomic E-state index is 13.6. The number of rotatable bonds is 10. The molecule has 5 nitrogen and oxygen atoms in total. The molecule has 0 amide bonds. The van der Waals surface area contributed by atoms with Gasteiger partial charge < -0.3 is 18.6 Å². The zero-order valence-electron chi connectivity index (χ0n) is 24.4. The van der Waals surface area contributed by atoms with Gasteiger partial charge in [-0.3, -0.25) is 0 Å². The molecular formula is C34H42O5Si. The molecule has 0 saturated heterocycles. The van der Waals surface area contributed by atoms with Crippen LogP contribution in [0.2, 0.25) is 5.04 Å². The summed E-state index contributed by atoms with van der Waals surface area (Å²) in [7, 11) is 0.275. The number of allylic oxidation sites excluding steroid dienone is 1. The van der Waals surface area contributed by atoms with Gasteiger partial charge >= 0.3 is 5.97 Å². The summed E-state index contributed by atoms with van der Waals surface area (Å²) < 4.78 is 24.6. The zero-order chi connectivity index (χ0) is 28.6. The Balaban J connectivity index is 1.73. The van der Waals surface area contributed by atoms with Gasteiger partial charge in [0.2, 0.25) is 0 Å². The first-order valence-electron chi connectivity index (χ1n) is 14.0. The summed E-state index contributed by atoms with van der Waals surface area (Å²) in [6, 6.07) is 28.9. The van der Waals surface area contributed by atoms with Crippen LogP contribution in [0.5, 0.6) is 5.75 Å². The topological polar surface area (TPSA) is 54.0 Å². The molecule has 0 N–H and O–H groups in total. The van der Waals surface area contributed by atoms with E-state index in [0.29, 0.717) is 13.0 Å². The van der Waals surface area contributed by atoms with Gasteiger partial charge in [-0.25, -0.2) is 4.79 Å². The van der Waals surface area contributed by atoms with Crippen LogP contribution < -0.4 is 15.1 Å². The highest BCUT2D eigenvalue weighted by molar-refractivity contribution is 6.99. The molecule has 0 spiro atoms. The van der Waals surface area contributed by atoms with Crippen LogP contribution in [0.3, 0.4) is 0 Å². The summed E-state index contributed by atoms with van der Waals surface area (Å²) in [5, 5.41) is 2.23. The van der Waals surface area contributed by atoms with Crippen molar-refractivity contribution < 1.29 is 23.4 Å². The lowest BCUT2D eigenvalue weighted by Crippen LogP contribution is -2.67. The average Bonchev–Trinajstić information content (AvgIpc) is 3.19. The van der Waals surface area contributed by atoms with Gasteiger partial charge in [-0.15, -0.1) is 0 Å². The third-order valence-corrected chi connectivity index (χ3v) is 13.0. The quantitative estimate of drug-likeness (QED) is 0.172. The molecule has 1 aliphatic rings. The van der Waals surface area contributed by atoms with Crippen molar-refractivity contribution in [1.82, 2.24) is 0 Å². The van der Waals surface area contributed by atoms with Crippen molar-refractivity contribution >= 4 is 24.7 Å². The number of esters is 1. The summed E-state index contributed by atoms with van der Waals surface area (Å²) in [5.41, 5.74) is -0.198. The highest BCUT2D eigenvalue weighted by Crippen LogP contribution is 2.40. The summed E-state index contributed by atoms with van der Waals surface area (Å²) in [6.45, 7) is 7.39. The smallest absolute Gasteiger partial charge is 0.338 e. The molecule has 40 heavy (non-hydrogen) atoms. The monoisotopic (exact) mass is 558 g/mol. The third-order valence-electron chi connectivity index (χ3n) is 7.97. The molecule has 0 saturated carbocycles. The van der Waals surface area contributed by atoms with Gasteiger partial charge in [-0.1, -0.05) is 106 Å². The van der Waals surface area contributed by atoms with Gasteiger partial charge in [0.05, 0.1) is 20.8 Å². The van der Waals surface area contributed by atoms with Crippen LogP contribution in [-0.4, -0.2) is 40.7 Å². The molecule has 3 aromatic carbocycles. The van der Waals surface area contributed by atoms with Gasteiger partial charge in [0.25, 0.3) is 8.32 Å². The minimum atomic E-state index is -2.81. The number of hydrogen-bond donors (Lipinski definition) is 0. The van der Waals surface area contributed by atoms with Crippen molar-refractivity contribution in [2.75, 3.05) is 20.8 Å². The highest BCUT2D eigenvalue weighted by atomic mass is 28.4. The van der Waals surface area contributed by atoms with Crippen LogP contribution in [0.15, 0.2) is 97.1 Å². The Labute approximate surface area is 240 Å². The summed E-state index contributed by atoms with van der Waals surface area (Å²) in [5.74, 6) is 0.103. The fraction of sp³-hybridized carbons (Fsp3) is 0.382. The SMILES string of the molecule is COC(=O)[C@]1(OCc2ccc(OC)cc2)CCCC=C[C@H]1CO[Si](c1ccccc1)(c1ccccc1)C(C)(C)C. The van der Waals surface area contributed by atoms with E-state index in [-0.39, 0.29) is 23.5 Å².